The first-order chi connectivity index (χ1) is 7.49. The standard InChI is InChI=1S/C12H23N3O/c1-5-12(3,10(2)16)9-13-8-11-14-6-7-15(11)4/h6-7,10,13,16H,5,8-9H2,1-4H3. The lowest BCUT2D eigenvalue weighted by Gasteiger charge is -2.31. The Labute approximate surface area is 97.7 Å². The van der Waals surface area contributed by atoms with Crippen molar-refractivity contribution in [3.63, 3.8) is 0 Å². The number of hydrogen-bond acceptors (Lipinski definition) is 3. The van der Waals surface area contributed by atoms with Crippen molar-refractivity contribution < 1.29 is 5.11 Å². The summed E-state index contributed by atoms with van der Waals surface area (Å²) in [5.41, 5.74) is -0.0643. The van der Waals surface area contributed by atoms with Crippen molar-refractivity contribution in [2.75, 3.05) is 6.54 Å². The van der Waals surface area contributed by atoms with Crippen molar-refractivity contribution in [3.05, 3.63) is 18.2 Å². The highest BCUT2D eigenvalue weighted by molar-refractivity contribution is 4.91. The molecule has 0 saturated carbocycles. The summed E-state index contributed by atoms with van der Waals surface area (Å²) < 4.78 is 2.00. The fourth-order valence-corrected chi connectivity index (χ4v) is 1.59. The molecule has 0 spiro atoms. The molecule has 1 heterocycles. The van der Waals surface area contributed by atoms with E-state index in [-0.39, 0.29) is 11.5 Å². The molecule has 0 aromatic carbocycles. The van der Waals surface area contributed by atoms with Gasteiger partial charge >= 0.3 is 0 Å². The van der Waals surface area contributed by atoms with Crippen molar-refractivity contribution in [1.82, 2.24) is 14.9 Å². The SMILES string of the molecule is CCC(C)(CNCc1nccn1C)C(C)O. The Kier molecular flexibility index (Phi) is 4.50. The van der Waals surface area contributed by atoms with Gasteiger partial charge < -0.3 is 15.0 Å². The normalized spacial score (nSPS) is 17.1. The summed E-state index contributed by atoms with van der Waals surface area (Å²) >= 11 is 0. The van der Waals surface area contributed by atoms with E-state index >= 15 is 0 Å². The predicted molar refractivity (Wildman–Crippen MR) is 65.0 cm³/mol. The smallest absolute Gasteiger partial charge is 0.122 e. The lowest BCUT2D eigenvalue weighted by atomic mass is 9.82. The number of nitrogens with zero attached hydrogens (tertiary/aromatic N) is 2. The van der Waals surface area contributed by atoms with E-state index in [9.17, 15) is 5.11 Å². The molecule has 16 heavy (non-hydrogen) atoms. The summed E-state index contributed by atoms with van der Waals surface area (Å²) in [6.07, 6.45) is 4.39. The van der Waals surface area contributed by atoms with Crippen LogP contribution in [0.2, 0.25) is 0 Å². The van der Waals surface area contributed by atoms with Gasteiger partial charge in [-0.05, 0) is 13.3 Å². The van der Waals surface area contributed by atoms with Crippen LogP contribution < -0.4 is 5.32 Å². The van der Waals surface area contributed by atoms with Crippen LogP contribution in [0.15, 0.2) is 12.4 Å². The van der Waals surface area contributed by atoms with Gasteiger partial charge in [0.2, 0.25) is 0 Å². The van der Waals surface area contributed by atoms with E-state index in [0.29, 0.717) is 0 Å². The lowest BCUT2D eigenvalue weighted by Crippen LogP contribution is -2.39. The van der Waals surface area contributed by atoms with Gasteiger partial charge in [-0.2, -0.15) is 0 Å². The Bertz CT molecular complexity index is 322. The fraction of sp³-hybridized carbons (Fsp3) is 0.750. The highest BCUT2D eigenvalue weighted by Gasteiger charge is 2.27. The molecule has 0 aliphatic carbocycles. The summed E-state index contributed by atoms with van der Waals surface area (Å²) in [5, 5.41) is 13.1. The number of aliphatic hydroxyl groups excluding tert-OH is 1. The zero-order valence-corrected chi connectivity index (χ0v) is 10.7. The average molecular weight is 225 g/mol. The quantitative estimate of drug-likeness (QED) is 0.767. The van der Waals surface area contributed by atoms with Crippen molar-refractivity contribution in [1.29, 1.82) is 0 Å². The Morgan fingerprint density at radius 3 is 2.75 bits per heavy atom. The van der Waals surface area contributed by atoms with E-state index in [1.807, 2.05) is 24.7 Å². The number of aromatic nitrogens is 2. The van der Waals surface area contributed by atoms with Gasteiger partial charge in [-0.1, -0.05) is 13.8 Å². The number of rotatable bonds is 6. The number of aliphatic hydroxyl groups is 1. The summed E-state index contributed by atoms with van der Waals surface area (Å²) in [5.74, 6) is 1.02. The number of aryl methyl sites for hydroxylation is 1. The van der Waals surface area contributed by atoms with Gasteiger partial charge in [0.05, 0.1) is 12.6 Å². The van der Waals surface area contributed by atoms with E-state index < -0.39 is 0 Å². The molecule has 0 saturated heterocycles. The Hall–Kier alpha value is -0.870. The van der Waals surface area contributed by atoms with E-state index in [1.54, 1.807) is 6.20 Å². The van der Waals surface area contributed by atoms with Gasteiger partial charge in [-0.25, -0.2) is 4.98 Å². The van der Waals surface area contributed by atoms with E-state index in [1.165, 1.54) is 0 Å². The zero-order valence-electron chi connectivity index (χ0n) is 10.7. The predicted octanol–water partition coefficient (Wildman–Crippen LogP) is 1.31. The summed E-state index contributed by atoms with van der Waals surface area (Å²) in [6.45, 7) is 7.60. The topological polar surface area (TPSA) is 50.1 Å². The van der Waals surface area contributed by atoms with Crippen molar-refractivity contribution in [2.45, 2.75) is 39.8 Å². The van der Waals surface area contributed by atoms with Crippen LogP contribution in [0.4, 0.5) is 0 Å². The Balaban J connectivity index is 2.43. The maximum atomic E-state index is 9.72. The second kappa shape index (κ2) is 5.46. The first-order valence-electron chi connectivity index (χ1n) is 5.84. The second-order valence-corrected chi connectivity index (χ2v) is 4.74. The highest BCUT2D eigenvalue weighted by atomic mass is 16.3. The molecule has 4 heteroatoms. The average Bonchev–Trinajstić information content (AvgIpc) is 2.64. The van der Waals surface area contributed by atoms with Gasteiger partial charge in [-0.15, -0.1) is 0 Å². The van der Waals surface area contributed by atoms with Crippen LogP contribution in [-0.4, -0.2) is 27.3 Å². The third-order valence-corrected chi connectivity index (χ3v) is 3.55. The molecule has 1 rings (SSSR count). The monoisotopic (exact) mass is 225 g/mol. The van der Waals surface area contributed by atoms with Gasteiger partial charge in [0.1, 0.15) is 5.82 Å². The van der Waals surface area contributed by atoms with Gasteiger partial charge in [-0.3, -0.25) is 0 Å². The fourth-order valence-electron chi connectivity index (χ4n) is 1.59. The van der Waals surface area contributed by atoms with E-state index in [0.717, 1.165) is 25.3 Å². The molecule has 92 valence electrons. The minimum Gasteiger partial charge on any atom is -0.393 e. The zero-order chi connectivity index (χ0) is 12.2. The first-order valence-corrected chi connectivity index (χ1v) is 5.84. The molecule has 2 unspecified atom stereocenters. The molecule has 1 aromatic heterocycles. The Morgan fingerprint density at radius 2 is 2.31 bits per heavy atom. The number of nitrogens with one attached hydrogen (secondary N) is 1. The summed E-state index contributed by atoms with van der Waals surface area (Å²) in [6, 6.07) is 0. The minimum absolute atomic E-state index is 0.0643. The maximum absolute atomic E-state index is 9.72. The molecule has 2 atom stereocenters. The lowest BCUT2D eigenvalue weighted by molar-refractivity contribution is 0.0487. The van der Waals surface area contributed by atoms with Gasteiger partial charge in [0, 0.05) is 31.4 Å². The third kappa shape index (κ3) is 3.06. The van der Waals surface area contributed by atoms with Crippen LogP contribution in [0, 0.1) is 5.41 Å². The van der Waals surface area contributed by atoms with Crippen LogP contribution in [0.5, 0.6) is 0 Å². The molecule has 2 N–H and O–H groups in total. The molecule has 0 aliphatic rings. The molecule has 0 amide bonds. The van der Waals surface area contributed by atoms with E-state index in [4.69, 9.17) is 0 Å². The molecule has 0 aliphatic heterocycles. The first kappa shape index (κ1) is 13.2. The molecule has 0 radical (unpaired) electrons. The number of imidazole rings is 1. The third-order valence-electron chi connectivity index (χ3n) is 3.55. The summed E-state index contributed by atoms with van der Waals surface area (Å²) in [7, 11) is 1.98. The molecule has 0 fully saturated rings. The molecular formula is C12H23N3O. The highest BCUT2D eigenvalue weighted by Crippen LogP contribution is 2.24. The van der Waals surface area contributed by atoms with Crippen LogP contribution in [0.1, 0.15) is 33.0 Å². The van der Waals surface area contributed by atoms with Crippen molar-refractivity contribution >= 4 is 0 Å². The van der Waals surface area contributed by atoms with Crippen LogP contribution in [0.3, 0.4) is 0 Å². The van der Waals surface area contributed by atoms with E-state index in [2.05, 4.69) is 24.1 Å². The van der Waals surface area contributed by atoms with Crippen LogP contribution >= 0.6 is 0 Å². The van der Waals surface area contributed by atoms with Crippen LogP contribution in [0.25, 0.3) is 0 Å². The maximum Gasteiger partial charge on any atom is 0.122 e. The molecular weight excluding hydrogens is 202 g/mol. The van der Waals surface area contributed by atoms with Crippen LogP contribution in [-0.2, 0) is 13.6 Å². The number of hydrogen-bond donors (Lipinski definition) is 2. The second-order valence-electron chi connectivity index (χ2n) is 4.74. The summed E-state index contributed by atoms with van der Waals surface area (Å²) in [4.78, 5) is 4.24. The molecule has 4 nitrogen and oxygen atoms in total. The van der Waals surface area contributed by atoms with Gasteiger partial charge in [0.25, 0.3) is 0 Å². The molecule has 1 aromatic rings. The van der Waals surface area contributed by atoms with Crippen molar-refractivity contribution in [2.24, 2.45) is 12.5 Å². The Morgan fingerprint density at radius 1 is 1.62 bits per heavy atom. The largest absolute Gasteiger partial charge is 0.393 e. The molecule has 0 bridgehead atoms. The minimum atomic E-state index is -0.300. The van der Waals surface area contributed by atoms with Crippen molar-refractivity contribution in [3.8, 4) is 0 Å². The van der Waals surface area contributed by atoms with Gasteiger partial charge in [0.15, 0.2) is 0 Å².